The van der Waals surface area contributed by atoms with Crippen molar-refractivity contribution in [2.75, 3.05) is 25.6 Å². The van der Waals surface area contributed by atoms with Crippen LogP contribution in [0, 0.1) is 17.8 Å². The summed E-state index contributed by atoms with van der Waals surface area (Å²) in [5.41, 5.74) is 0.0118. The summed E-state index contributed by atoms with van der Waals surface area (Å²) in [6, 6.07) is 4.91. The zero-order chi connectivity index (χ0) is 20.9. The molecule has 3 aliphatic heterocycles. The van der Waals surface area contributed by atoms with E-state index >= 15 is 0 Å². The van der Waals surface area contributed by atoms with Crippen LogP contribution in [0.1, 0.15) is 32.3 Å². The first-order chi connectivity index (χ1) is 13.8. The number of hydrogen-bond donors (Lipinski definition) is 2. The quantitative estimate of drug-likeness (QED) is 0.545. The van der Waals surface area contributed by atoms with Gasteiger partial charge < -0.3 is 10.1 Å². The maximum atomic E-state index is 13.4. The molecule has 0 bridgehead atoms. The highest BCUT2D eigenvalue weighted by atomic mass is 35.5. The predicted octanol–water partition coefficient (Wildman–Crippen LogP) is 2.14. The highest BCUT2D eigenvalue weighted by Gasteiger charge is 2.70. The Balaban J connectivity index is 1.79. The molecular formula is C21H26ClN3O4. The molecule has 3 aliphatic rings. The van der Waals surface area contributed by atoms with Crippen LogP contribution in [-0.2, 0) is 24.7 Å². The van der Waals surface area contributed by atoms with Crippen molar-refractivity contribution in [2.45, 2.75) is 38.3 Å². The van der Waals surface area contributed by atoms with E-state index in [1.165, 1.54) is 4.90 Å². The van der Waals surface area contributed by atoms with Gasteiger partial charge in [-0.25, -0.2) is 0 Å². The molecule has 1 spiro atoms. The molecule has 1 aromatic carbocycles. The molecular weight excluding hydrogens is 394 g/mol. The van der Waals surface area contributed by atoms with E-state index in [4.69, 9.17) is 16.3 Å². The number of fused-ring (bicyclic) bond motifs is 4. The Morgan fingerprint density at radius 1 is 1.24 bits per heavy atom. The summed E-state index contributed by atoms with van der Waals surface area (Å²) >= 11 is 6.23. The van der Waals surface area contributed by atoms with Crippen LogP contribution in [0.5, 0.6) is 0 Å². The molecule has 7 nitrogen and oxygen atoms in total. The van der Waals surface area contributed by atoms with Crippen molar-refractivity contribution in [3.05, 3.63) is 28.8 Å². The van der Waals surface area contributed by atoms with E-state index in [1.807, 2.05) is 0 Å². The number of nitrogens with one attached hydrogen (secondary N) is 2. The first-order valence-electron chi connectivity index (χ1n) is 10.0. The fraction of sp³-hybridized carbons (Fsp3) is 0.571. The third-order valence-electron chi connectivity index (χ3n) is 6.22. The fourth-order valence-electron chi connectivity index (χ4n) is 5.13. The topological polar surface area (TPSA) is 87.7 Å². The molecule has 0 unspecified atom stereocenters. The molecule has 2 N–H and O–H groups in total. The Bertz CT molecular complexity index is 873. The van der Waals surface area contributed by atoms with Crippen molar-refractivity contribution < 1.29 is 19.1 Å². The van der Waals surface area contributed by atoms with Gasteiger partial charge in [0.1, 0.15) is 5.54 Å². The van der Waals surface area contributed by atoms with Crippen molar-refractivity contribution in [3.63, 3.8) is 0 Å². The summed E-state index contributed by atoms with van der Waals surface area (Å²) in [6.45, 7) is 4.90. The number of halogens is 1. The van der Waals surface area contributed by atoms with Gasteiger partial charge in [-0.3, -0.25) is 24.6 Å². The van der Waals surface area contributed by atoms with Gasteiger partial charge >= 0.3 is 0 Å². The molecule has 29 heavy (non-hydrogen) atoms. The zero-order valence-corrected chi connectivity index (χ0v) is 17.6. The van der Waals surface area contributed by atoms with E-state index in [-0.39, 0.29) is 23.8 Å². The van der Waals surface area contributed by atoms with Crippen LogP contribution in [-0.4, -0.2) is 48.9 Å². The second-order valence-electron chi connectivity index (χ2n) is 8.51. The third-order valence-corrected chi connectivity index (χ3v) is 6.46. The number of nitrogens with zero attached hydrogens (tertiary/aromatic N) is 1. The van der Waals surface area contributed by atoms with Crippen LogP contribution in [0.3, 0.4) is 0 Å². The molecule has 8 heteroatoms. The molecule has 156 valence electrons. The van der Waals surface area contributed by atoms with Gasteiger partial charge in [0.25, 0.3) is 0 Å². The number of benzene rings is 1. The van der Waals surface area contributed by atoms with E-state index < -0.39 is 17.4 Å². The Morgan fingerprint density at radius 3 is 2.69 bits per heavy atom. The highest BCUT2D eigenvalue weighted by molar-refractivity contribution is 6.31. The van der Waals surface area contributed by atoms with Gasteiger partial charge in [0.05, 0.1) is 11.8 Å². The smallest absolute Gasteiger partial charge is 0.250 e. The van der Waals surface area contributed by atoms with E-state index in [0.29, 0.717) is 48.2 Å². The average molecular weight is 420 g/mol. The molecule has 4 atom stereocenters. The summed E-state index contributed by atoms with van der Waals surface area (Å²) in [4.78, 5) is 41.3. The van der Waals surface area contributed by atoms with Crippen molar-refractivity contribution in [2.24, 2.45) is 17.8 Å². The number of imide groups is 1. The number of likely N-dealkylation sites (tertiary alicyclic amines) is 1. The number of carbonyl (C=O) groups is 3. The molecule has 0 aliphatic carbocycles. The van der Waals surface area contributed by atoms with Gasteiger partial charge in [0.15, 0.2) is 0 Å². The Kier molecular flexibility index (Phi) is 5.17. The average Bonchev–Trinajstić information content (AvgIpc) is 3.22. The van der Waals surface area contributed by atoms with E-state index in [1.54, 1.807) is 25.3 Å². The Hall–Kier alpha value is -1.96. The SMILES string of the molecule is COCCCN1C(=O)[C@@H]2[C@H](CC(C)C)N[C@]3(C(=O)Nc4ccc(Cl)cc43)[C@@H]2C1=O. The molecule has 0 saturated carbocycles. The normalized spacial score (nSPS) is 30.4. The van der Waals surface area contributed by atoms with Crippen LogP contribution in [0.2, 0.25) is 5.02 Å². The highest BCUT2D eigenvalue weighted by Crippen LogP contribution is 2.54. The molecule has 1 aromatic rings. The minimum absolute atomic E-state index is 0.200. The molecule has 4 rings (SSSR count). The maximum absolute atomic E-state index is 13.4. The van der Waals surface area contributed by atoms with E-state index in [0.717, 1.165) is 0 Å². The van der Waals surface area contributed by atoms with Crippen LogP contribution in [0.4, 0.5) is 5.69 Å². The number of carbonyl (C=O) groups excluding carboxylic acids is 3. The molecule has 0 aromatic heterocycles. The second-order valence-corrected chi connectivity index (χ2v) is 8.95. The van der Waals surface area contributed by atoms with E-state index in [9.17, 15) is 14.4 Å². The third kappa shape index (κ3) is 2.98. The summed E-state index contributed by atoms with van der Waals surface area (Å²) in [7, 11) is 1.59. The molecule has 3 amide bonds. The number of amides is 3. The lowest BCUT2D eigenvalue weighted by Crippen LogP contribution is -2.53. The lowest BCUT2D eigenvalue weighted by Gasteiger charge is -2.30. The fourth-order valence-corrected chi connectivity index (χ4v) is 5.30. The van der Waals surface area contributed by atoms with Gasteiger partial charge in [-0.15, -0.1) is 0 Å². The van der Waals surface area contributed by atoms with Crippen LogP contribution >= 0.6 is 11.6 Å². The molecule has 3 heterocycles. The summed E-state index contributed by atoms with van der Waals surface area (Å²) in [5, 5.41) is 6.79. The summed E-state index contributed by atoms with van der Waals surface area (Å²) in [5.74, 6) is -1.83. The van der Waals surface area contributed by atoms with Crippen molar-refractivity contribution in [1.29, 1.82) is 0 Å². The predicted molar refractivity (Wildman–Crippen MR) is 108 cm³/mol. The van der Waals surface area contributed by atoms with Gasteiger partial charge in [0, 0.05) is 42.6 Å². The van der Waals surface area contributed by atoms with Gasteiger partial charge in [0.2, 0.25) is 17.7 Å². The monoisotopic (exact) mass is 419 g/mol. The van der Waals surface area contributed by atoms with Gasteiger partial charge in [-0.2, -0.15) is 0 Å². The minimum atomic E-state index is -1.27. The summed E-state index contributed by atoms with van der Waals surface area (Å²) < 4.78 is 5.07. The van der Waals surface area contributed by atoms with Crippen molar-refractivity contribution in [3.8, 4) is 0 Å². The first-order valence-corrected chi connectivity index (χ1v) is 10.4. The van der Waals surface area contributed by atoms with Crippen LogP contribution in [0.15, 0.2) is 18.2 Å². The van der Waals surface area contributed by atoms with Crippen molar-refractivity contribution in [1.82, 2.24) is 10.2 Å². The van der Waals surface area contributed by atoms with Gasteiger partial charge in [-0.1, -0.05) is 25.4 Å². The van der Waals surface area contributed by atoms with Crippen LogP contribution < -0.4 is 10.6 Å². The molecule has 2 saturated heterocycles. The Labute approximate surface area is 175 Å². The number of ether oxygens (including phenoxy) is 1. The standard InChI is InChI=1S/C21H26ClN3O4/c1-11(2)9-15-16-17(19(27)25(18(16)26)7-4-8-29-3)21(24-15)13-10-12(22)5-6-14(13)23-20(21)28/h5-6,10-11,15-17,24H,4,7-9H2,1-3H3,(H,23,28)/t15-,16+,17-,21-/m0/s1. The number of anilines is 1. The number of methoxy groups -OCH3 is 1. The van der Waals surface area contributed by atoms with Crippen LogP contribution in [0.25, 0.3) is 0 Å². The molecule has 2 fully saturated rings. The minimum Gasteiger partial charge on any atom is -0.385 e. The van der Waals surface area contributed by atoms with Crippen molar-refractivity contribution >= 4 is 35.0 Å². The van der Waals surface area contributed by atoms with E-state index in [2.05, 4.69) is 24.5 Å². The summed E-state index contributed by atoms with van der Waals surface area (Å²) in [6.07, 6.45) is 1.26. The number of rotatable bonds is 6. The lowest BCUT2D eigenvalue weighted by molar-refractivity contribution is -0.143. The number of hydrogen-bond acceptors (Lipinski definition) is 5. The first kappa shape index (κ1) is 20.3. The Morgan fingerprint density at radius 2 is 2.00 bits per heavy atom. The largest absolute Gasteiger partial charge is 0.385 e. The second kappa shape index (κ2) is 7.38. The van der Waals surface area contributed by atoms with Gasteiger partial charge in [-0.05, 0) is 37.0 Å². The molecule has 0 radical (unpaired) electrons. The zero-order valence-electron chi connectivity index (χ0n) is 16.8. The maximum Gasteiger partial charge on any atom is 0.250 e. The lowest BCUT2D eigenvalue weighted by atomic mass is 9.76.